The zero-order valence-corrected chi connectivity index (χ0v) is 19.6. The molecule has 1 amide bonds. The fourth-order valence-corrected chi connectivity index (χ4v) is 3.35. The maximum atomic E-state index is 13.0. The molecule has 0 aliphatic rings. The molecule has 2 aromatic rings. The molecule has 0 saturated carbocycles. The van der Waals surface area contributed by atoms with Gasteiger partial charge in [-0.3, -0.25) is 9.79 Å². The van der Waals surface area contributed by atoms with Gasteiger partial charge in [-0.2, -0.15) is 0 Å². The van der Waals surface area contributed by atoms with Crippen molar-refractivity contribution in [2.24, 2.45) is 16.6 Å². The van der Waals surface area contributed by atoms with Crippen LogP contribution in [0, 0.1) is 11.7 Å². The number of guanidine groups is 1. The van der Waals surface area contributed by atoms with Crippen LogP contribution in [0.15, 0.2) is 64.5 Å². The Morgan fingerprint density at radius 1 is 1.14 bits per heavy atom. The standard InChI is InChI=1S/C21H27FN4OS.HI/c1-2-24-21(25-12-13-28-19-6-4-3-5-7-19)26-15-17(20(23)27)14-16-8-10-18(22)11-9-16;/h3-11,17H,2,12-15H2,1H3,(H2,23,27)(H2,24,25,26);1H. The van der Waals surface area contributed by atoms with Gasteiger partial charge in [0.1, 0.15) is 5.82 Å². The Hall–Kier alpha value is -1.81. The third-order valence-corrected chi connectivity index (χ3v) is 5.03. The first-order valence-electron chi connectivity index (χ1n) is 9.32. The van der Waals surface area contributed by atoms with Gasteiger partial charge in [-0.05, 0) is 43.2 Å². The Balaban J connectivity index is 0.00000420. The van der Waals surface area contributed by atoms with Crippen molar-refractivity contribution in [3.63, 3.8) is 0 Å². The molecule has 0 bridgehead atoms. The maximum absolute atomic E-state index is 13.0. The Bertz CT molecular complexity index is 759. The van der Waals surface area contributed by atoms with Crippen LogP contribution < -0.4 is 16.4 Å². The molecule has 0 radical (unpaired) electrons. The number of aliphatic imine (C=N–C) groups is 1. The molecule has 0 aromatic heterocycles. The predicted molar refractivity (Wildman–Crippen MR) is 129 cm³/mol. The van der Waals surface area contributed by atoms with E-state index in [9.17, 15) is 9.18 Å². The third-order valence-electron chi connectivity index (χ3n) is 4.02. The van der Waals surface area contributed by atoms with Gasteiger partial charge >= 0.3 is 0 Å². The van der Waals surface area contributed by atoms with Gasteiger partial charge in [0.15, 0.2) is 5.96 Å². The van der Waals surface area contributed by atoms with Crippen molar-refractivity contribution in [3.8, 4) is 0 Å². The van der Waals surface area contributed by atoms with Crippen molar-refractivity contribution in [2.45, 2.75) is 18.2 Å². The quantitative estimate of drug-likeness (QED) is 0.145. The lowest BCUT2D eigenvalue weighted by Gasteiger charge is -2.14. The van der Waals surface area contributed by atoms with Crippen LogP contribution in [0.25, 0.3) is 0 Å². The van der Waals surface area contributed by atoms with Crippen LogP contribution in [0.1, 0.15) is 12.5 Å². The second-order valence-electron chi connectivity index (χ2n) is 6.24. The molecule has 8 heteroatoms. The van der Waals surface area contributed by atoms with Crippen molar-refractivity contribution in [1.82, 2.24) is 10.6 Å². The number of primary amides is 1. The van der Waals surface area contributed by atoms with Gasteiger partial charge in [-0.25, -0.2) is 4.39 Å². The van der Waals surface area contributed by atoms with Crippen molar-refractivity contribution < 1.29 is 9.18 Å². The summed E-state index contributed by atoms with van der Waals surface area (Å²) >= 11 is 1.76. The summed E-state index contributed by atoms with van der Waals surface area (Å²) in [4.78, 5) is 17.5. The molecule has 2 rings (SSSR count). The largest absolute Gasteiger partial charge is 0.369 e. The Morgan fingerprint density at radius 3 is 2.45 bits per heavy atom. The molecular formula is C21H28FIN4OS. The van der Waals surface area contributed by atoms with Crippen LogP contribution in [0.5, 0.6) is 0 Å². The van der Waals surface area contributed by atoms with Gasteiger partial charge in [0.05, 0.1) is 12.5 Å². The fourth-order valence-electron chi connectivity index (χ4n) is 2.56. The molecular weight excluding hydrogens is 502 g/mol. The molecule has 0 aliphatic carbocycles. The molecule has 4 N–H and O–H groups in total. The minimum absolute atomic E-state index is 0. The second-order valence-corrected chi connectivity index (χ2v) is 7.41. The second kappa shape index (κ2) is 14.2. The number of nitrogens with zero attached hydrogens (tertiary/aromatic N) is 1. The highest BCUT2D eigenvalue weighted by Crippen LogP contribution is 2.15. The van der Waals surface area contributed by atoms with E-state index in [4.69, 9.17) is 5.73 Å². The first-order chi connectivity index (χ1) is 13.6. The Labute approximate surface area is 193 Å². The van der Waals surface area contributed by atoms with Crippen LogP contribution in [0.2, 0.25) is 0 Å². The highest BCUT2D eigenvalue weighted by Gasteiger charge is 2.16. The van der Waals surface area contributed by atoms with E-state index >= 15 is 0 Å². The van der Waals surface area contributed by atoms with Crippen molar-refractivity contribution in [3.05, 3.63) is 66.0 Å². The molecule has 0 fully saturated rings. The number of carbonyl (C=O) groups excluding carboxylic acids is 1. The predicted octanol–water partition coefficient (Wildman–Crippen LogP) is 3.44. The van der Waals surface area contributed by atoms with Crippen LogP contribution in [0.3, 0.4) is 0 Å². The molecule has 0 heterocycles. The number of carbonyl (C=O) groups is 1. The molecule has 5 nitrogen and oxygen atoms in total. The molecule has 29 heavy (non-hydrogen) atoms. The van der Waals surface area contributed by atoms with E-state index in [1.165, 1.54) is 17.0 Å². The number of hydrogen-bond acceptors (Lipinski definition) is 3. The lowest BCUT2D eigenvalue weighted by molar-refractivity contribution is -0.121. The minimum Gasteiger partial charge on any atom is -0.369 e. The van der Waals surface area contributed by atoms with Crippen LogP contribution in [-0.2, 0) is 11.2 Å². The average molecular weight is 530 g/mol. The van der Waals surface area contributed by atoms with Gasteiger partial charge in [0, 0.05) is 23.7 Å². The molecule has 2 aromatic carbocycles. The van der Waals surface area contributed by atoms with Crippen LogP contribution in [-0.4, -0.2) is 37.3 Å². The summed E-state index contributed by atoms with van der Waals surface area (Å²) in [7, 11) is 0. The normalized spacial score (nSPS) is 12.0. The summed E-state index contributed by atoms with van der Waals surface area (Å²) in [6.07, 6.45) is 0.433. The van der Waals surface area contributed by atoms with Gasteiger partial charge < -0.3 is 16.4 Å². The van der Waals surface area contributed by atoms with Crippen LogP contribution >= 0.6 is 35.7 Å². The topological polar surface area (TPSA) is 79.5 Å². The fraction of sp³-hybridized carbons (Fsp3) is 0.333. The lowest BCUT2D eigenvalue weighted by atomic mass is 9.99. The van der Waals surface area contributed by atoms with Gasteiger partial charge in [0.25, 0.3) is 0 Å². The zero-order chi connectivity index (χ0) is 20.2. The number of rotatable bonds is 10. The van der Waals surface area contributed by atoms with Crippen LogP contribution in [0.4, 0.5) is 4.39 Å². The number of halogens is 2. The highest BCUT2D eigenvalue weighted by atomic mass is 127. The molecule has 0 aliphatic heterocycles. The average Bonchev–Trinajstić information content (AvgIpc) is 2.70. The monoisotopic (exact) mass is 530 g/mol. The van der Waals surface area contributed by atoms with E-state index in [-0.39, 0.29) is 36.3 Å². The number of thioether (sulfide) groups is 1. The first kappa shape index (κ1) is 25.2. The van der Waals surface area contributed by atoms with E-state index < -0.39 is 11.8 Å². The summed E-state index contributed by atoms with van der Waals surface area (Å²) in [5.74, 6) is 0.387. The molecule has 0 saturated heterocycles. The molecule has 1 atom stereocenters. The van der Waals surface area contributed by atoms with Gasteiger partial charge in [0.2, 0.25) is 5.91 Å². The molecule has 158 valence electrons. The SMILES string of the molecule is CCNC(=NCC(Cc1ccc(F)cc1)C(N)=O)NCCSc1ccccc1.I. The van der Waals surface area contributed by atoms with E-state index in [0.717, 1.165) is 24.4 Å². The minimum atomic E-state index is -0.445. The summed E-state index contributed by atoms with van der Waals surface area (Å²) in [5, 5.41) is 6.45. The maximum Gasteiger partial charge on any atom is 0.222 e. The van der Waals surface area contributed by atoms with Gasteiger partial charge in [-0.1, -0.05) is 30.3 Å². The van der Waals surface area contributed by atoms with Gasteiger partial charge in [-0.15, -0.1) is 35.7 Å². The lowest BCUT2D eigenvalue weighted by Crippen LogP contribution is -2.39. The van der Waals surface area contributed by atoms with E-state index in [2.05, 4.69) is 27.8 Å². The summed E-state index contributed by atoms with van der Waals surface area (Å²) in [6.45, 7) is 3.72. The Morgan fingerprint density at radius 2 is 1.83 bits per heavy atom. The van der Waals surface area contributed by atoms with E-state index in [1.54, 1.807) is 23.9 Å². The number of amides is 1. The first-order valence-corrected chi connectivity index (χ1v) is 10.3. The van der Waals surface area contributed by atoms with Crippen molar-refractivity contribution in [2.75, 3.05) is 25.4 Å². The highest BCUT2D eigenvalue weighted by molar-refractivity contribution is 14.0. The third kappa shape index (κ3) is 9.98. The zero-order valence-electron chi connectivity index (χ0n) is 16.4. The molecule has 0 spiro atoms. The number of benzene rings is 2. The van der Waals surface area contributed by atoms with Crippen molar-refractivity contribution >= 4 is 47.6 Å². The smallest absolute Gasteiger partial charge is 0.222 e. The Kier molecular flexibility index (Phi) is 12.4. The molecule has 1 unspecified atom stereocenters. The number of nitrogens with two attached hydrogens (primary N) is 1. The van der Waals surface area contributed by atoms with Crippen molar-refractivity contribution in [1.29, 1.82) is 0 Å². The summed E-state index contributed by atoms with van der Waals surface area (Å²) in [6, 6.07) is 16.3. The number of nitrogens with one attached hydrogen (secondary N) is 2. The number of hydrogen-bond donors (Lipinski definition) is 3. The van der Waals surface area contributed by atoms with E-state index in [1.807, 2.05) is 25.1 Å². The van der Waals surface area contributed by atoms with E-state index in [0.29, 0.717) is 12.4 Å². The summed E-state index contributed by atoms with van der Waals surface area (Å²) in [5.41, 5.74) is 6.39. The summed E-state index contributed by atoms with van der Waals surface area (Å²) < 4.78 is 13.0.